The molecule has 0 aromatic rings. The molecule has 7 heteroatoms. The fourth-order valence-electron chi connectivity index (χ4n) is 1.09. The Bertz CT molecular complexity index is 343. The van der Waals surface area contributed by atoms with Crippen LogP contribution in [0.15, 0.2) is 0 Å². The molecule has 0 aliphatic heterocycles. The zero-order valence-electron chi connectivity index (χ0n) is 8.92. The Morgan fingerprint density at radius 2 is 1.94 bits per heavy atom. The minimum Gasteiger partial charge on any atom is -0.212 e. The lowest BCUT2D eigenvalue weighted by Crippen LogP contribution is -2.33. The number of hydrogen-bond donors (Lipinski definition) is 0. The van der Waals surface area contributed by atoms with E-state index in [-0.39, 0.29) is 13.1 Å². The van der Waals surface area contributed by atoms with E-state index in [4.69, 9.17) is 6.42 Å². The Kier molecular flexibility index (Phi) is 5.83. The van der Waals surface area contributed by atoms with E-state index in [9.17, 15) is 21.6 Å². The van der Waals surface area contributed by atoms with Crippen molar-refractivity contribution in [1.82, 2.24) is 4.31 Å². The highest BCUT2D eigenvalue weighted by Gasteiger charge is 2.28. The summed E-state index contributed by atoms with van der Waals surface area (Å²) in [6, 6.07) is 0. The molecule has 0 rings (SSSR count). The third-order valence-electron chi connectivity index (χ3n) is 1.88. The van der Waals surface area contributed by atoms with Gasteiger partial charge in [0.2, 0.25) is 10.0 Å². The molecule has 0 heterocycles. The summed E-state index contributed by atoms with van der Waals surface area (Å²) in [5.74, 6) is 1.63. The van der Waals surface area contributed by atoms with E-state index < -0.39 is 34.8 Å². The number of nitrogens with zero attached hydrogens (tertiary/aromatic N) is 1. The Morgan fingerprint density at radius 1 is 1.38 bits per heavy atom. The smallest absolute Gasteiger partial charge is 0.212 e. The van der Waals surface area contributed by atoms with Crippen molar-refractivity contribution in [3.8, 4) is 12.3 Å². The van der Waals surface area contributed by atoms with Crippen LogP contribution in [0.1, 0.15) is 19.8 Å². The highest BCUT2D eigenvalue weighted by Crippen LogP contribution is 2.21. The molecule has 0 N–H and O–H groups in total. The van der Waals surface area contributed by atoms with E-state index in [2.05, 4.69) is 5.92 Å². The van der Waals surface area contributed by atoms with Gasteiger partial charge in [0, 0.05) is 13.0 Å². The van der Waals surface area contributed by atoms with Crippen LogP contribution >= 0.6 is 0 Å². The van der Waals surface area contributed by atoms with Gasteiger partial charge in [0.1, 0.15) is 0 Å². The van der Waals surface area contributed by atoms with Crippen molar-refractivity contribution in [3.05, 3.63) is 0 Å². The number of halogens is 3. The van der Waals surface area contributed by atoms with Gasteiger partial charge in [-0.05, 0) is 6.42 Å². The van der Waals surface area contributed by atoms with E-state index in [1.807, 2.05) is 0 Å². The van der Waals surface area contributed by atoms with Crippen LogP contribution in [0.25, 0.3) is 0 Å². The number of hydrogen-bond acceptors (Lipinski definition) is 2. The van der Waals surface area contributed by atoms with Gasteiger partial charge in [-0.3, -0.25) is 0 Å². The molecule has 0 fully saturated rings. The molecular weight excluding hydrogens is 243 g/mol. The number of alkyl halides is 3. The Balaban J connectivity index is 4.30. The molecule has 0 aliphatic carbocycles. The van der Waals surface area contributed by atoms with Crippen LogP contribution in [0.4, 0.5) is 13.2 Å². The van der Waals surface area contributed by atoms with Gasteiger partial charge in [0.15, 0.2) is 0 Å². The van der Waals surface area contributed by atoms with Gasteiger partial charge in [-0.15, -0.1) is 6.42 Å². The van der Waals surface area contributed by atoms with Crippen LogP contribution < -0.4 is 0 Å². The Morgan fingerprint density at radius 3 is 2.31 bits per heavy atom. The van der Waals surface area contributed by atoms with Crippen molar-refractivity contribution >= 4 is 10.0 Å². The van der Waals surface area contributed by atoms with Crippen LogP contribution in [-0.2, 0) is 10.0 Å². The zero-order chi connectivity index (χ0) is 12.8. The molecule has 0 aromatic carbocycles. The van der Waals surface area contributed by atoms with Crippen LogP contribution in [0.3, 0.4) is 0 Å². The lowest BCUT2D eigenvalue weighted by atomic mass is 10.3. The maximum absolute atomic E-state index is 11.8. The normalized spacial score (nSPS) is 12.8. The molecule has 0 aromatic heterocycles. The first kappa shape index (κ1) is 15.3. The lowest BCUT2D eigenvalue weighted by molar-refractivity contribution is -0.134. The number of terminal acetylenes is 1. The molecule has 0 saturated heterocycles. The standard InChI is InChI=1S/C9H14F3NO2S/c1-3-7-13(4-2)16(14,15)8-5-6-9(10,11)12/h1H,4-8H2,2H3. The van der Waals surface area contributed by atoms with Crippen molar-refractivity contribution in [1.29, 1.82) is 0 Å². The van der Waals surface area contributed by atoms with Gasteiger partial charge in [0.05, 0.1) is 12.3 Å². The quantitative estimate of drug-likeness (QED) is 0.678. The summed E-state index contributed by atoms with van der Waals surface area (Å²) in [5, 5.41) is 0. The SMILES string of the molecule is C#CCN(CC)S(=O)(=O)CCCC(F)(F)F. The number of rotatable bonds is 6. The van der Waals surface area contributed by atoms with E-state index in [1.54, 1.807) is 6.92 Å². The molecule has 0 aliphatic rings. The summed E-state index contributed by atoms with van der Waals surface area (Å²) in [4.78, 5) is 0. The van der Waals surface area contributed by atoms with Crippen LogP contribution in [0.2, 0.25) is 0 Å². The average molecular weight is 257 g/mol. The van der Waals surface area contributed by atoms with Crippen molar-refractivity contribution in [2.24, 2.45) is 0 Å². The monoisotopic (exact) mass is 257 g/mol. The summed E-state index contributed by atoms with van der Waals surface area (Å²) >= 11 is 0. The van der Waals surface area contributed by atoms with Crippen LogP contribution in [-0.4, -0.2) is 37.7 Å². The minimum atomic E-state index is -4.32. The summed E-state index contributed by atoms with van der Waals surface area (Å²) in [6.45, 7) is 1.64. The predicted molar refractivity (Wildman–Crippen MR) is 55.2 cm³/mol. The molecule has 0 spiro atoms. The molecule has 0 unspecified atom stereocenters. The Hall–Kier alpha value is -0.740. The van der Waals surface area contributed by atoms with E-state index in [1.165, 1.54) is 0 Å². The fraction of sp³-hybridized carbons (Fsp3) is 0.778. The molecule has 0 bridgehead atoms. The molecule has 16 heavy (non-hydrogen) atoms. The van der Waals surface area contributed by atoms with Crippen molar-refractivity contribution in [2.75, 3.05) is 18.8 Å². The van der Waals surface area contributed by atoms with Crippen molar-refractivity contribution < 1.29 is 21.6 Å². The molecule has 0 atom stereocenters. The second-order valence-corrected chi connectivity index (χ2v) is 5.25. The van der Waals surface area contributed by atoms with Gasteiger partial charge >= 0.3 is 6.18 Å². The topological polar surface area (TPSA) is 37.4 Å². The third kappa shape index (κ3) is 5.98. The molecular formula is C9H14F3NO2S. The Labute approximate surface area is 93.7 Å². The highest BCUT2D eigenvalue weighted by atomic mass is 32.2. The maximum Gasteiger partial charge on any atom is 0.389 e. The summed E-state index contributed by atoms with van der Waals surface area (Å²) < 4.78 is 59.5. The average Bonchev–Trinajstić information content (AvgIpc) is 2.11. The highest BCUT2D eigenvalue weighted by molar-refractivity contribution is 7.89. The van der Waals surface area contributed by atoms with E-state index >= 15 is 0 Å². The van der Waals surface area contributed by atoms with Crippen molar-refractivity contribution in [3.63, 3.8) is 0 Å². The van der Waals surface area contributed by atoms with Gasteiger partial charge in [-0.1, -0.05) is 12.8 Å². The van der Waals surface area contributed by atoms with Crippen LogP contribution in [0, 0.1) is 12.3 Å². The van der Waals surface area contributed by atoms with Gasteiger partial charge in [0.25, 0.3) is 0 Å². The van der Waals surface area contributed by atoms with E-state index in [0.717, 1.165) is 4.31 Å². The molecule has 3 nitrogen and oxygen atoms in total. The third-order valence-corrected chi connectivity index (χ3v) is 3.85. The fourth-order valence-corrected chi connectivity index (χ4v) is 2.52. The largest absolute Gasteiger partial charge is 0.389 e. The van der Waals surface area contributed by atoms with E-state index in [0.29, 0.717) is 0 Å². The van der Waals surface area contributed by atoms with Crippen molar-refractivity contribution in [2.45, 2.75) is 25.9 Å². The molecule has 0 radical (unpaired) electrons. The number of sulfonamides is 1. The predicted octanol–water partition coefficient (Wildman–Crippen LogP) is 1.61. The summed E-state index contributed by atoms with van der Waals surface area (Å²) in [6.07, 6.45) is -0.892. The second kappa shape index (κ2) is 6.11. The van der Waals surface area contributed by atoms with Crippen LogP contribution in [0.5, 0.6) is 0 Å². The molecule has 0 amide bonds. The minimum absolute atomic E-state index is 0.106. The molecule has 0 saturated carbocycles. The lowest BCUT2D eigenvalue weighted by Gasteiger charge is -2.17. The van der Waals surface area contributed by atoms with Gasteiger partial charge in [-0.25, -0.2) is 8.42 Å². The zero-order valence-corrected chi connectivity index (χ0v) is 9.74. The summed E-state index contributed by atoms with van der Waals surface area (Å²) in [5.41, 5.74) is 0. The second-order valence-electron chi connectivity index (χ2n) is 3.17. The first-order valence-electron chi connectivity index (χ1n) is 4.71. The van der Waals surface area contributed by atoms with Gasteiger partial charge in [-0.2, -0.15) is 17.5 Å². The first-order valence-corrected chi connectivity index (χ1v) is 6.32. The maximum atomic E-state index is 11.8. The van der Waals surface area contributed by atoms with Gasteiger partial charge < -0.3 is 0 Å². The summed E-state index contributed by atoms with van der Waals surface area (Å²) in [7, 11) is -3.67. The molecule has 94 valence electrons. The first-order chi connectivity index (χ1) is 7.23.